The van der Waals surface area contributed by atoms with E-state index in [0.29, 0.717) is 12.2 Å². The van der Waals surface area contributed by atoms with Gasteiger partial charge in [0.05, 0.1) is 18.4 Å². The molecule has 0 saturated carbocycles. The van der Waals surface area contributed by atoms with E-state index in [0.717, 1.165) is 5.56 Å². The fraction of sp³-hybridized carbons (Fsp3) is 0.235. The molecule has 26 heavy (non-hydrogen) atoms. The number of nitrogens with one attached hydrogen (secondary N) is 1. The smallest absolute Gasteiger partial charge is 0.361 e. The third-order valence-electron chi connectivity index (χ3n) is 3.46. The molecule has 1 atom stereocenters. The number of rotatable bonds is 6. The molecule has 2 heterocycles. The molecule has 3 aromatic rings. The van der Waals surface area contributed by atoms with Gasteiger partial charge in [0.2, 0.25) is 5.88 Å². The van der Waals surface area contributed by atoms with Gasteiger partial charge in [0, 0.05) is 6.07 Å². The maximum absolute atomic E-state index is 12.1. The zero-order chi connectivity index (χ0) is 18.5. The first-order valence-electron chi connectivity index (χ1n) is 7.90. The molecule has 134 valence electrons. The first-order valence-corrected chi connectivity index (χ1v) is 7.90. The monoisotopic (exact) mass is 355 g/mol. The third kappa shape index (κ3) is 4.32. The van der Waals surface area contributed by atoms with Gasteiger partial charge in [0.15, 0.2) is 11.8 Å². The standard InChI is InChI=1S/C17H17N5O4/c1-11-8-15(26-20-11)18-16(23)12(2)25-17(24)14-10-22(21-19-14)9-13-6-4-3-5-7-13/h3-8,10,12H,9H2,1-2H3,(H,18,23). The third-order valence-corrected chi connectivity index (χ3v) is 3.46. The summed E-state index contributed by atoms with van der Waals surface area (Å²) in [7, 11) is 0. The topological polar surface area (TPSA) is 112 Å². The first-order chi connectivity index (χ1) is 12.5. The molecular weight excluding hydrogens is 338 g/mol. The van der Waals surface area contributed by atoms with Gasteiger partial charge < -0.3 is 9.26 Å². The highest BCUT2D eigenvalue weighted by Gasteiger charge is 2.22. The van der Waals surface area contributed by atoms with Crippen molar-refractivity contribution < 1.29 is 18.8 Å². The van der Waals surface area contributed by atoms with E-state index in [4.69, 9.17) is 9.26 Å². The Bertz CT molecular complexity index is 903. The Kier molecular flexibility index (Phi) is 5.07. The van der Waals surface area contributed by atoms with Crippen molar-refractivity contribution in [3.63, 3.8) is 0 Å². The summed E-state index contributed by atoms with van der Waals surface area (Å²) >= 11 is 0. The average Bonchev–Trinajstić information content (AvgIpc) is 3.25. The van der Waals surface area contributed by atoms with Crippen LogP contribution in [0.1, 0.15) is 28.7 Å². The lowest BCUT2D eigenvalue weighted by Gasteiger charge is -2.10. The predicted octanol–water partition coefficient (Wildman–Crippen LogP) is 1.81. The van der Waals surface area contributed by atoms with Crippen LogP contribution in [0.4, 0.5) is 5.88 Å². The highest BCUT2D eigenvalue weighted by molar-refractivity contribution is 5.95. The van der Waals surface area contributed by atoms with E-state index in [1.165, 1.54) is 17.8 Å². The van der Waals surface area contributed by atoms with Crippen LogP contribution in [-0.2, 0) is 16.1 Å². The van der Waals surface area contributed by atoms with Gasteiger partial charge in [0.25, 0.3) is 5.91 Å². The molecule has 1 unspecified atom stereocenters. The zero-order valence-electron chi connectivity index (χ0n) is 14.2. The second kappa shape index (κ2) is 7.60. The number of benzene rings is 1. The first kappa shape index (κ1) is 17.3. The van der Waals surface area contributed by atoms with Crippen LogP contribution < -0.4 is 5.32 Å². The van der Waals surface area contributed by atoms with Crippen LogP contribution in [0, 0.1) is 6.92 Å². The van der Waals surface area contributed by atoms with E-state index < -0.39 is 18.0 Å². The molecule has 2 aromatic heterocycles. The van der Waals surface area contributed by atoms with Gasteiger partial charge in [0.1, 0.15) is 0 Å². The quantitative estimate of drug-likeness (QED) is 0.671. The van der Waals surface area contributed by atoms with Crippen LogP contribution in [0.5, 0.6) is 0 Å². The number of anilines is 1. The summed E-state index contributed by atoms with van der Waals surface area (Å²) in [4.78, 5) is 24.1. The van der Waals surface area contributed by atoms with Gasteiger partial charge in [-0.25, -0.2) is 9.48 Å². The maximum Gasteiger partial charge on any atom is 0.361 e. The molecule has 0 radical (unpaired) electrons. The van der Waals surface area contributed by atoms with Crippen molar-refractivity contribution in [1.82, 2.24) is 20.2 Å². The molecule has 0 fully saturated rings. The fourth-order valence-electron chi connectivity index (χ4n) is 2.16. The molecule has 9 nitrogen and oxygen atoms in total. The molecule has 1 aromatic carbocycles. The van der Waals surface area contributed by atoms with E-state index >= 15 is 0 Å². The molecule has 0 aliphatic rings. The Balaban J connectivity index is 1.56. The van der Waals surface area contributed by atoms with Gasteiger partial charge >= 0.3 is 5.97 Å². The molecule has 3 rings (SSSR count). The molecule has 1 amide bonds. The number of carbonyl (C=O) groups is 2. The molecular formula is C17H17N5O4. The number of hydrogen-bond acceptors (Lipinski definition) is 7. The molecule has 0 aliphatic carbocycles. The SMILES string of the molecule is Cc1cc(NC(=O)C(C)OC(=O)c2cn(Cc3ccccc3)nn2)on1. The van der Waals surface area contributed by atoms with Crippen molar-refractivity contribution in [3.8, 4) is 0 Å². The van der Waals surface area contributed by atoms with E-state index in [-0.39, 0.29) is 11.6 Å². The highest BCUT2D eigenvalue weighted by Crippen LogP contribution is 2.10. The number of ether oxygens (including phenoxy) is 1. The highest BCUT2D eigenvalue weighted by atomic mass is 16.5. The average molecular weight is 355 g/mol. The summed E-state index contributed by atoms with van der Waals surface area (Å²) in [5.74, 6) is -1.09. The second-order valence-electron chi connectivity index (χ2n) is 5.66. The summed E-state index contributed by atoms with van der Waals surface area (Å²) < 4.78 is 11.5. The number of esters is 1. The van der Waals surface area contributed by atoms with Crippen LogP contribution in [0.2, 0.25) is 0 Å². The van der Waals surface area contributed by atoms with E-state index in [9.17, 15) is 9.59 Å². The normalized spacial score (nSPS) is 11.8. The Morgan fingerprint density at radius 3 is 2.77 bits per heavy atom. The van der Waals surface area contributed by atoms with Crippen molar-refractivity contribution in [2.75, 3.05) is 5.32 Å². The number of nitrogens with zero attached hydrogens (tertiary/aromatic N) is 4. The van der Waals surface area contributed by atoms with Crippen LogP contribution in [0.15, 0.2) is 47.1 Å². The Hall–Kier alpha value is -3.49. The molecule has 1 N–H and O–H groups in total. The largest absolute Gasteiger partial charge is 0.448 e. The Morgan fingerprint density at radius 2 is 2.08 bits per heavy atom. The van der Waals surface area contributed by atoms with Gasteiger partial charge in [-0.2, -0.15) is 0 Å². The summed E-state index contributed by atoms with van der Waals surface area (Å²) in [5, 5.41) is 13.8. The number of aryl methyl sites for hydroxylation is 1. The minimum absolute atomic E-state index is 0.0242. The Labute approximate surface area is 148 Å². The van der Waals surface area contributed by atoms with Gasteiger partial charge in [-0.15, -0.1) is 5.10 Å². The lowest BCUT2D eigenvalue weighted by atomic mass is 10.2. The second-order valence-corrected chi connectivity index (χ2v) is 5.66. The van der Waals surface area contributed by atoms with E-state index in [1.807, 2.05) is 30.3 Å². The van der Waals surface area contributed by atoms with Gasteiger partial charge in [-0.3, -0.25) is 10.1 Å². The molecule has 0 spiro atoms. The lowest BCUT2D eigenvalue weighted by Crippen LogP contribution is -2.30. The summed E-state index contributed by atoms with van der Waals surface area (Å²) in [6.07, 6.45) is 0.437. The zero-order valence-corrected chi connectivity index (χ0v) is 14.2. The van der Waals surface area contributed by atoms with Crippen LogP contribution in [-0.4, -0.2) is 38.1 Å². The van der Waals surface area contributed by atoms with Crippen molar-refractivity contribution in [2.24, 2.45) is 0 Å². The molecule has 0 aliphatic heterocycles. The number of aromatic nitrogens is 4. The van der Waals surface area contributed by atoms with Gasteiger partial charge in [-0.05, 0) is 19.4 Å². The lowest BCUT2D eigenvalue weighted by molar-refractivity contribution is -0.123. The number of amides is 1. The predicted molar refractivity (Wildman–Crippen MR) is 90.3 cm³/mol. The van der Waals surface area contributed by atoms with Crippen molar-refractivity contribution in [1.29, 1.82) is 0 Å². The van der Waals surface area contributed by atoms with Crippen molar-refractivity contribution in [2.45, 2.75) is 26.5 Å². The van der Waals surface area contributed by atoms with Crippen molar-refractivity contribution in [3.05, 3.63) is 59.5 Å². The van der Waals surface area contributed by atoms with Crippen LogP contribution in [0.3, 0.4) is 0 Å². The minimum Gasteiger partial charge on any atom is -0.448 e. The number of carbonyl (C=O) groups excluding carboxylic acids is 2. The number of hydrogen-bond donors (Lipinski definition) is 1. The Morgan fingerprint density at radius 1 is 1.31 bits per heavy atom. The summed E-state index contributed by atoms with van der Waals surface area (Å²) in [5.41, 5.74) is 1.67. The molecule has 0 saturated heterocycles. The van der Waals surface area contributed by atoms with Crippen LogP contribution in [0.25, 0.3) is 0 Å². The summed E-state index contributed by atoms with van der Waals surface area (Å²) in [6, 6.07) is 11.2. The fourth-order valence-corrected chi connectivity index (χ4v) is 2.16. The molecule has 0 bridgehead atoms. The van der Waals surface area contributed by atoms with Crippen molar-refractivity contribution >= 4 is 17.8 Å². The van der Waals surface area contributed by atoms with Gasteiger partial charge in [-0.1, -0.05) is 40.7 Å². The maximum atomic E-state index is 12.1. The van der Waals surface area contributed by atoms with E-state index in [2.05, 4.69) is 20.8 Å². The molecule has 9 heteroatoms. The summed E-state index contributed by atoms with van der Waals surface area (Å²) in [6.45, 7) is 3.65. The van der Waals surface area contributed by atoms with E-state index in [1.54, 1.807) is 13.0 Å². The minimum atomic E-state index is -1.04. The van der Waals surface area contributed by atoms with Crippen LogP contribution >= 0.6 is 0 Å².